The number of hydrogen-bond donors (Lipinski definition) is 0. The maximum atomic E-state index is 13.6. The summed E-state index contributed by atoms with van der Waals surface area (Å²) in [6.07, 6.45) is 0. The van der Waals surface area contributed by atoms with Crippen LogP contribution in [0.15, 0.2) is 30.3 Å². The van der Waals surface area contributed by atoms with Crippen molar-refractivity contribution in [3.63, 3.8) is 0 Å². The second-order valence-electron chi connectivity index (χ2n) is 4.38. The summed E-state index contributed by atoms with van der Waals surface area (Å²) in [7, 11) is 0. The molecule has 0 spiro atoms. The molecule has 0 amide bonds. The lowest BCUT2D eigenvalue weighted by Crippen LogP contribution is -2.00. The predicted molar refractivity (Wildman–Crippen MR) is 85.6 cm³/mol. The number of rotatable bonds is 2. The van der Waals surface area contributed by atoms with Gasteiger partial charge in [-0.05, 0) is 30.3 Å². The SMILES string of the molecule is Fc1cc(Cl)cc(-n2c(CCl)nc3cc(Cl)c(Cl)cc32)c1. The molecule has 3 rings (SSSR count). The molecular formula is C14H7Cl4FN2. The van der Waals surface area contributed by atoms with E-state index in [-0.39, 0.29) is 10.9 Å². The highest BCUT2D eigenvalue weighted by Crippen LogP contribution is 2.31. The Bertz CT molecular complexity index is 824. The maximum absolute atomic E-state index is 13.6. The van der Waals surface area contributed by atoms with Crippen LogP contribution in [-0.2, 0) is 5.88 Å². The van der Waals surface area contributed by atoms with Gasteiger partial charge in [-0.25, -0.2) is 9.37 Å². The summed E-state index contributed by atoms with van der Waals surface area (Å²) >= 11 is 23.9. The Balaban J connectivity index is 2.36. The Morgan fingerprint density at radius 3 is 2.38 bits per heavy atom. The van der Waals surface area contributed by atoms with Gasteiger partial charge in [-0.1, -0.05) is 34.8 Å². The average Bonchev–Trinajstić information content (AvgIpc) is 2.75. The van der Waals surface area contributed by atoms with Gasteiger partial charge in [-0.3, -0.25) is 4.57 Å². The third kappa shape index (κ3) is 2.71. The molecule has 0 saturated carbocycles. The molecule has 0 radical (unpaired) electrons. The molecule has 0 N–H and O–H groups in total. The molecule has 0 saturated heterocycles. The average molecular weight is 364 g/mol. The molecule has 0 aliphatic carbocycles. The van der Waals surface area contributed by atoms with Crippen molar-refractivity contribution in [2.45, 2.75) is 5.88 Å². The van der Waals surface area contributed by atoms with Crippen LogP contribution in [0.1, 0.15) is 5.82 Å². The zero-order valence-corrected chi connectivity index (χ0v) is 13.4. The van der Waals surface area contributed by atoms with Crippen LogP contribution in [0.25, 0.3) is 16.7 Å². The molecule has 0 atom stereocenters. The van der Waals surface area contributed by atoms with E-state index in [2.05, 4.69) is 4.98 Å². The van der Waals surface area contributed by atoms with Gasteiger partial charge in [0.1, 0.15) is 11.6 Å². The number of imidazole rings is 1. The Labute approximate surface area is 140 Å². The lowest BCUT2D eigenvalue weighted by atomic mass is 10.2. The normalized spacial score (nSPS) is 11.3. The summed E-state index contributed by atoms with van der Waals surface area (Å²) < 4.78 is 15.3. The number of fused-ring (bicyclic) bond motifs is 1. The van der Waals surface area contributed by atoms with Crippen molar-refractivity contribution in [1.82, 2.24) is 9.55 Å². The fourth-order valence-corrected chi connectivity index (χ4v) is 2.88. The molecule has 0 aliphatic rings. The molecule has 0 unspecified atom stereocenters. The fourth-order valence-electron chi connectivity index (χ4n) is 2.17. The summed E-state index contributed by atoms with van der Waals surface area (Å²) in [6.45, 7) is 0. The summed E-state index contributed by atoms with van der Waals surface area (Å²) in [5.74, 6) is 0.254. The van der Waals surface area contributed by atoms with Crippen LogP contribution in [0.4, 0.5) is 4.39 Å². The van der Waals surface area contributed by atoms with E-state index in [0.717, 1.165) is 0 Å². The molecule has 0 fully saturated rings. The van der Waals surface area contributed by atoms with E-state index in [1.165, 1.54) is 12.1 Å². The number of aromatic nitrogens is 2. The summed E-state index contributed by atoms with van der Waals surface area (Å²) in [4.78, 5) is 4.39. The smallest absolute Gasteiger partial charge is 0.129 e. The molecule has 2 nitrogen and oxygen atoms in total. The minimum atomic E-state index is -0.445. The minimum absolute atomic E-state index is 0.151. The monoisotopic (exact) mass is 362 g/mol. The van der Waals surface area contributed by atoms with Gasteiger partial charge in [-0.15, -0.1) is 11.6 Å². The number of benzene rings is 2. The molecule has 3 aromatic rings. The molecule has 21 heavy (non-hydrogen) atoms. The first kappa shape index (κ1) is 14.9. The molecular weight excluding hydrogens is 357 g/mol. The number of hydrogen-bond acceptors (Lipinski definition) is 1. The topological polar surface area (TPSA) is 17.8 Å². The summed E-state index contributed by atoms with van der Waals surface area (Å²) in [6, 6.07) is 7.53. The van der Waals surface area contributed by atoms with E-state index >= 15 is 0 Å². The van der Waals surface area contributed by atoms with Crippen molar-refractivity contribution in [3.8, 4) is 5.69 Å². The highest BCUT2D eigenvalue weighted by molar-refractivity contribution is 6.42. The van der Waals surface area contributed by atoms with Gasteiger partial charge >= 0.3 is 0 Å². The van der Waals surface area contributed by atoms with Gasteiger partial charge < -0.3 is 0 Å². The molecule has 0 bridgehead atoms. The zero-order valence-electron chi connectivity index (χ0n) is 10.4. The first-order chi connectivity index (χ1) is 9.99. The standard InChI is InChI=1S/C14H7Cl4FN2/c15-6-14-20-12-4-10(17)11(18)5-13(12)21(14)9-2-7(16)1-8(19)3-9/h1-5H,6H2. The summed E-state index contributed by atoms with van der Waals surface area (Å²) in [5, 5.41) is 1.06. The largest absolute Gasteiger partial charge is 0.295 e. The molecule has 7 heteroatoms. The Morgan fingerprint density at radius 2 is 1.71 bits per heavy atom. The van der Waals surface area contributed by atoms with Crippen molar-refractivity contribution >= 4 is 57.4 Å². The van der Waals surface area contributed by atoms with Crippen LogP contribution in [-0.4, -0.2) is 9.55 Å². The van der Waals surface area contributed by atoms with Crippen LogP contribution < -0.4 is 0 Å². The highest BCUT2D eigenvalue weighted by Gasteiger charge is 2.15. The van der Waals surface area contributed by atoms with Gasteiger partial charge in [0, 0.05) is 5.02 Å². The van der Waals surface area contributed by atoms with E-state index < -0.39 is 5.82 Å². The fraction of sp³-hybridized carbons (Fsp3) is 0.0714. The predicted octanol–water partition coefficient (Wildman–Crippen LogP) is 5.86. The van der Waals surface area contributed by atoms with Crippen LogP contribution in [0, 0.1) is 5.82 Å². The van der Waals surface area contributed by atoms with E-state index in [9.17, 15) is 4.39 Å². The maximum Gasteiger partial charge on any atom is 0.129 e. The van der Waals surface area contributed by atoms with Gasteiger partial charge in [-0.2, -0.15) is 0 Å². The van der Waals surface area contributed by atoms with Gasteiger partial charge in [0.25, 0.3) is 0 Å². The van der Waals surface area contributed by atoms with E-state index in [0.29, 0.717) is 32.6 Å². The van der Waals surface area contributed by atoms with Crippen LogP contribution in [0.3, 0.4) is 0 Å². The quantitative estimate of drug-likeness (QED) is 0.521. The molecule has 2 aromatic carbocycles. The van der Waals surface area contributed by atoms with E-state index in [4.69, 9.17) is 46.4 Å². The highest BCUT2D eigenvalue weighted by atomic mass is 35.5. The van der Waals surface area contributed by atoms with E-state index in [1.54, 1.807) is 22.8 Å². The Kier molecular flexibility index (Phi) is 4.02. The van der Waals surface area contributed by atoms with Gasteiger partial charge in [0.15, 0.2) is 0 Å². The number of nitrogens with zero attached hydrogens (tertiary/aromatic N) is 2. The van der Waals surface area contributed by atoms with Crippen LogP contribution >= 0.6 is 46.4 Å². The molecule has 108 valence electrons. The van der Waals surface area contributed by atoms with Crippen molar-refractivity contribution in [3.05, 3.63) is 57.0 Å². The van der Waals surface area contributed by atoms with Crippen LogP contribution in [0.5, 0.6) is 0 Å². The molecule has 0 aliphatic heterocycles. The van der Waals surface area contributed by atoms with E-state index in [1.807, 2.05) is 0 Å². The van der Waals surface area contributed by atoms with Gasteiger partial charge in [0.2, 0.25) is 0 Å². The Hall–Kier alpha value is -1.00. The van der Waals surface area contributed by atoms with Gasteiger partial charge in [0.05, 0.1) is 32.6 Å². The van der Waals surface area contributed by atoms with Crippen molar-refractivity contribution < 1.29 is 4.39 Å². The first-order valence-electron chi connectivity index (χ1n) is 5.88. The minimum Gasteiger partial charge on any atom is -0.295 e. The summed E-state index contributed by atoms with van der Waals surface area (Å²) in [5.41, 5.74) is 1.83. The lowest BCUT2D eigenvalue weighted by Gasteiger charge is -2.09. The van der Waals surface area contributed by atoms with Crippen molar-refractivity contribution in [1.29, 1.82) is 0 Å². The third-order valence-corrected chi connectivity index (χ3v) is 4.17. The lowest BCUT2D eigenvalue weighted by molar-refractivity contribution is 0.626. The van der Waals surface area contributed by atoms with Crippen molar-refractivity contribution in [2.24, 2.45) is 0 Å². The first-order valence-corrected chi connectivity index (χ1v) is 7.55. The molecule has 1 aromatic heterocycles. The second-order valence-corrected chi connectivity index (χ2v) is 5.90. The second kappa shape index (κ2) is 5.65. The van der Waals surface area contributed by atoms with Crippen LogP contribution in [0.2, 0.25) is 15.1 Å². The zero-order chi connectivity index (χ0) is 15.1. The number of alkyl halides is 1. The Morgan fingerprint density at radius 1 is 1.00 bits per heavy atom. The third-order valence-electron chi connectivity index (χ3n) is 2.99. The van der Waals surface area contributed by atoms with Crippen molar-refractivity contribution in [2.75, 3.05) is 0 Å². The number of halogens is 5. The molecule has 1 heterocycles.